The van der Waals surface area contributed by atoms with Crippen LogP contribution in [-0.2, 0) is 7.05 Å². The van der Waals surface area contributed by atoms with Gasteiger partial charge in [0.2, 0.25) is 5.95 Å². The molecule has 23 heavy (non-hydrogen) atoms. The van der Waals surface area contributed by atoms with Crippen molar-refractivity contribution < 1.29 is 4.79 Å². The molecule has 7 nitrogen and oxygen atoms in total. The summed E-state index contributed by atoms with van der Waals surface area (Å²) < 4.78 is 2.52. The summed E-state index contributed by atoms with van der Waals surface area (Å²) in [7, 11) is 3.67. The van der Waals surface area contributed by atoms with Gasteiger partial charge in [0, 0.05) is 51.8 Å². The Balaban J connectivity index is 1.60. The fraction of sp³-hybridized carbons (Fsp3) is 0.467. The highest BCUT2D eigenvalue weighted by Crippen LogP contribution is 2.20. The molecule has 0 N–H and O–H groups in total. The van der Waals surface area contributed by atoms with E-state index in [2.05, 4.69) is 35.9 Å². The number of halogens is 1. The molecule has 1 amide bonds. The van der Waals surface area contributed by atoms with Crippen molar-refractivity contribution in [1.82, 2.24) is 24.6 Å². The van der Waals surface area contributed by atoms with Crippen LogP contribution in [-0.4, -0.2) is 56.7 Å². The molecule has 0 radical (unpaired) electrons. The molecule has 1 fully saturated rings. The number of piperidine rings is 1. The lowest BCUT2D eigenvalue weighted by molar-refractivity contribution is 0.0702. The van der Waals surface area contributed by atoms with Gasteiger partial charge < -0.3 is 9.80 Å². The highest BCUT2D eigenvalue weighted by Gasteiger charge is 2.27. The number of nitrogens with zero attached hydrogens (tertiary/aromatic N) is 6. The van der Waals surface area contributed by atoms with Crippen molar-refractivity contribution in [3.63, 3.8) is 0 Å². The molecule has 0 aliphatic carbocycles. The number of carbonyl (C=O) groups excluding carboxylic acids is 1. The van der Waals surface area contributed by atoms with Crippen molar-refractivity contribution in [2.75, 3.05) is 25.0 Å². The van der Waals surface area contributed by atoms with Crippen molar-refractivity contribution in [3.05, 3.63) is 34.8 Å². The van der Waals surface area contributed by atoms with E-state index in [-0.39, 0.29) is 11.9 Å². The van der Waals surface area contributed by atoms with Crippen LogP contribution in [0.5, 0.6) is 0 Å². The predicted octanol–water partition coefficient (Wildman–Crippen LogP) is 1.71. The maximum Gasteiger partial charge on any atom is 0.274 e. The number of hydrogen-bond donors (Lipinski definition) is 0. The van der Waals surface area contributed by atoms with Gasteiger partial charge in [-0.3, -0.25) is 9.48 Å². The fourth-order valence-electron chi connectivity index (χ4n) is 2.80. The Morgan fingerprint density at radius 2 is 1.96 bits per heavy atom. The minimum atomic E-state index is -0.0241. The molecule has 3 rings (SSSR count). The second kappa shape index (κ2) is 6.66. The molecule has 0 bridgehead atoms. The van der Waals surface area contributed by atoms with Crippen LogP contribution in [0, 0.1) is 0 Å². The van der Waals surface area contributed by atoms with Crippen LogP contribution in [0.3, 0.4) is 0 Å². The molecule has 3 heterocycles. The van der Waals surface area contributed by atoms with Crippen LogP contribution < -0.4 is 4.90 Å². The molecule has 0 unspecified atom stereocenters. The third kappa shape index (κ3) is 3.52. The van der Waals surface area contributed by atoms with E-state index >= 15 is 0 Å². The molecule has 8 heteroatoms. The topological polar surface area (TPSA) is 67.2 Å². The second-order valence-electron chi connectivity index (χ2n) is 5.71. The van der Waals surface area contributed by atoms with E-state index < -0.39 is 0 Å². The molecule has 0 saturated carbocycles. The minimum absolute atomic E-state index is 0.0241. The molecular formula is C15H19BrN6O. The number of anilines is 1. The Hall–Kier alpha value is -1.96. The smallest absolute Gasteiger partial charge is 0.274 e. The van der Waals surface area contributed by atoms with Gasteiger partial charge in [0.05, 0.1) is 4.47 Å². The van der Waals surface area contributed by atoms with Gasteiger partial charge in [-0.25, -0.2) is 9.97 Å². The number of aromatic nitrogens is 4. The zero-order valence-corrected chi connectivity index (χ0v) is 14.8. The molecule has 2 aromatic rings. The van der Waals surface area contributed by atoms with E-state index in [1.54, 1.807) is 29.3 Å². The fourth-order valence-corrected chi connectivity index (χ4v) is 3.00. The quantitative estimate of drug-likeness (QED) is 0.813. The van der Waals surface area contributed by atoms with E-state index in [0.717, 1.165) is 36.4 Å². The molecule has 1 aliphatic heterocycles. The Morgan fingerprint density at radius 3 is 2.52 bits per heavy atom. The van der Waals surface area contributed by atoms with E-state index in [4.69, 9.17) is 0 Å². The average Bonchev–Trinajstić information content (AvgIpc) is 3.01. The van der Waals surface area contributed by atoms with Gasteiger partial charge in [-0.1, -0.05) is 0 Å². The zero-order chi connectivity index (χ0) is 16.4. The van der Waals surface area contributed by atoms with Crippen LogP contribution in [0.15, 0.2) is 29.1 Å². The van der Waals surface area contributed by atoms with Gasteiger partial charge in [-0.15, -0.1) is 0 Å². The highest BCUT2D eigenvalue weighted by molar-refractivity contribution is 9.10. The second-order valence-corrected chi connectivity index (χ2v) is 6.63. The van der Waals surface area contributed by atoms with Crippen LogP contribution >= 0.6 is 15.9 Å². The zero-order valence-electron chi connectivity index (χ0n) is 13.2. The first-order chi connectivity index (χ1) is 11.0. The maximum atomic E-state index is 12.5. The molecule has 1 saturated heterocycles. The van der Waals surface area contributed by atoms with E-state index in [9.17, 15) is 4.79 Å². The van der Waals surface area contributed by atoms with Crippen molar-refractivity contribution >= 4 is 27.8 Å². The lowest BCUT2D eigenvalue weighted by atomic mass is 10.0. The summed E-state index contributed by atoms with van der Waals surface area (Å²) in [6.07, 6.45) is 7.09. The molecule has 0 atom stereocenters. The lowest BCUT2D eigenvalue weighted by Gasteiger charge is -2.36. The first-order valence-electron chi connectivity index (χ1n) is 7.54. The minimum Gasteiger partial charge on any atom is -0.341 e. The summed E-state index contributed by atoms with van der Waals surface area (Å²) in [5, 5.41) is 4.19. The van der Waals surface area contributed by atoms with Gasteiger partial charge in [0.1, 0.15) is 5.69 Å². The van der Waals surface area contributed by atoms with Crippen molar-refractivity contribution in [2.45, 2.75) is 18.9 Å². The van der Waals surface area contributed by atoms with E-state index in [1.165, 1.54) is 0 Å². The maximum absolute atomic E-state index is 12.5. The van der Waals surface area contributed by atoms with Crippen LogP contribution in [0.4, 0.5) is 5.95 Å². The van der Waals surface area contributed by atoms with E-state index in [0.29, 0.717) is 5.69 Å². The summed E-state index contributed by atoms with van der Waals surface area (Å²) in [6.45, 7) is 1.68. The summed E-state index contributed by atoms with van der Waals surface area (Å²) >= 11 is 3.34. The van der Waals surface area contributed by atoms with Crippen LogP contribution in [0.2, 0.25) is 0 Å². The monoisotopic (exact) mass is 378 g/mol. The normalized spacial score (nSPS) is 15.7. The first kappa shape index (κ1) is 15.9. The summed E-state index contributed by atoms with van der Waals surface area (Å²) in [5.74, 6) is 0.717. The molecule has 1 aliphatic rings. The Bertz CT molecular complexity index is 678. The Labute approximate surface area is 143 Å². The Morgan fingerprint density at radius 1 is 1.30 bits per heavy atom. The summed E-state index contributed by atoms with van der Waals surface area (Å²) in [5.41, 5.74) is 0.494. The number of hydrogen-bond acceptors (Lipinski definition) is 5. The Kier molecular flexibility index (Phi) is 4.61. The van der Waals surface area contributed by atoms with Gasteiger partial charge in [-0.2, -0.15) is 5.10 Å². The van der Waals surface area contributed by atoms with Gasteiger partial charge in [0.15, 0.2) is 0 Å². The van der Waals surface area contributed by atoms with Crippen molar-refractivity contribution in [2.24, 2.45) is 7.05 Å². The summed E-state index contributed by atoms with van der Waals surface area (Å²) in [4.78, 5) is 25.1. The number of amides is 1. The molecule has 2 aromatic heterocycles. The van der Waals surface area contributed by atoms with E-state index in [1.807, 2.05) is 19.0 Å². The van der Waals surface area contributed by atoms with Crippen LogP contribution in [0.1, 0.15) is 23.3 Å². The van der Waals surface area contributed by atoms with Crippen LogP contribution in [0.25, 0.3) is 0 Å². The lowest BCUT2D eigenvalue weighted by Crippen LogP contribution is -2.46. The van der Waals surface area contributed by atoms with Gasteiger partial charge >= 0.3 is 0 Å². The highest BCUT2D eigenvalue weighted by atomic mass is 79.9. The largest absolute Gasteiger partial charge is 0.341 e. The van der Waals surface area contributed by atoms with Crippen molar-refractivity contribution in [1.29, 1.82) is 0 Å². The number of aryl methyl sites for hydroxylation is 1. The number of rotatable bonds is 3. The van der Waals surface area contributed by atoms with Gasteiger partial charge in [-0.05, 0) is 34.8 Å². The SMILES string of the molecule is CN(C(=O)c1ccn(C)n1)C1CCN(c2ncc(Br)cn2)CC1. The molecule has 0 spiro atoms. The predicted molar refractivity (Wildman–Crippen MR) is 90.3 cm³/mol. The molecule has 0 aromatic carbocycles. The average molecular weight is 379 g/mol. The third-order valence-electron chi connectivity index (χ3n) is 4.15. The first-order valence-corrected chi connectivity index (χ1v) is 8.33. The number of carbonyl (C=O) groups is 1. The van der Waals surface area contributed by atoms with Gasteiger partial charge in [0.25, 0.3) is 5.91 Å². The summed E-state index contributed by atoms with van der Waals surface area (Å²) in [6, 6.07) is 1.97. The molecule has 122 valence electrons. The molecular weight excluding hydrogens is 360 g/mol. The third-order valence-corrected chi connectivity index (χ3v) is 4.56. The van der Waals surface area contributed by atoms with Crippen molar-refractivity contribution in [3.8, 4) is 0 Å². The standard InChI is InChI=1S/C15H19BrN6O/c1-20-6-5-13(19-20)14(23)21(2)12-3-7-22(8-4-12)15-17-9-11(16)10-18-15/h5-6,9-10,12H,3-4,7-8H2,1-2H3.